The summed E-state index contributed by atoms with van der Waals surface area (Å²) >= 11 is 0. The van der Waals surface area contributed by atoms with Crippen molar-refractivity contribution in [2.45, 2.75) is 19.9 Å². The highest BCUT2D eigenvalue weighted by molar-refractivity contribution is 6.08. The van der Waals surface area contributed by atoms with Crippen LogP contribution in [-0.2, 0) is 4.79 Å². The van der Waals surface area contributed by atoms with Crippen LogP contribution in [0, 0.1) is 5.92 Å². The Morgan fingerprint density at radius 2 is 1.45 bits per heavy atom. The molecule has 33 heavy (non-hydrogen) atoms. The SMILES string of the molecule is CC(C)[C@@H](NC(=O)c1ccccc1NC(=O)c1ccco1)C(=O)NNC(=O)c1ccccc1. The minimum absolute atomic E-state index is 0.0961. The first-order valence-electron chi connectivity index (χ1n) is 10.3. The largest absolute Gasteiger partial charge is 0.459 e. The van der Waals surface area contributed by atoms with E-state index in [0.717, 1.165) is 0 Å². The van der Waals surface area contributed by atoms with Crippen molar-refractivity contribution in [3.63, 3.8) is 0 Å². The van der Waals surface area contributed by atoms with Crippen molar-refractivity contribution in [3.8, 4) is 0 Å². The number of rotatable bonds is 7. The normalized spacial score (nSPS) is 11.4. The highest BCUT2D eigenvalue weighted by atomic mass is 16.3. The summed E-state index contributed by atoms with van der Waals surface area (Å²) < 4.78 is 5.07. The van der Waals surface area contributed by atoms with Gasteiger partial charge in [-0.3, -0.25) is 30.0 Å². The minimum atomic E-state index is -0.942. The third-order valence-corrected chi connectivity index (χ3v) is 4.74. The third-order valence-electron chi connectivity index (χ3n) is 4.74. The molecule has 2 aromatic carbocycles. The summed E-state index contributed by atoms with van der Waals surface area (Å²) in [6, 6.07) is 16.9. The lowest BCUT2D eigenvalue weighted by Crippen LogP contribution is -2.54. The number of anilines is 1. The van der Waals surface area contributed by atoms with Crippen LogP contribution in [0.2, 0.25) is 0 Å². The summed E-state index contributed by atoms with van der Waals surface area (Å²) in [5.74, 6) is -2.33. The molecule has 4 amide bonds. The number of furan rings is 1. The van der Waals surface area contributed by atoms with E-state index in [1.54, 1.807) is 68.4 Å². The second kappa shape index (κ2) is 10.8. The molecular weight excluding hydrogens is 424 g/mol. The minimum Gasteiger partial charge on any atom is -0.459 e. The van der Waals surface area contributed by atoms with Crippen LogP contribution in [0.15, 0.2) is 77.4 Å². The van der Waals surface area contributed by atoms with Crippen molar-refractivity contribution in [1.82, 2.24) is 16.2 Å². The van der Waals surface area contributed by atoms with Gasteiger partial charge in [0.05, 0.1) is 17.5 Å². The Hall–Kier alpha value is -4.40. The molecule has 1 atom stereocenters. The molecule has 0 radical (unpaired) electrons. The fourth-order valence-corrected chi connectivity index (χ4v) is 2.99. The number of nitrogens with one attached hydrogen (secondary N) is 4. The van der Waals surface area contributed by atoms with E-state index in [2.05, 4.69) is 21.5 Å². The topological polar surface area (TPSA) is 130 Å². The fraction of sp³-hybridized carbons (Fsp3) is 0.167. The molecule has 3 rings (SSSR count). The molecule has 0 fully saturated rings. The first-order valence-corrected chi connectivity index (χ1v) is 10.3. The number of carbonyl (C=O) groups excluding carboxylic acids is 4. The quantitative estimate of drug-likeness (QED) is 0.413. The van der Waals surface area contributed by atoms with E-state index >= 15 is 0 Å². The van der Waals surface area contributed by atoms with Crippen LogP contribution in [0.5, 0.6) is 0 Å². The van der Waals surface area contributed by atoms with Crippen LogP contribution in [0.25, 0.3) is 0 Å². The second-order valence-corrected chi connectivity index (χ2v) is 7.48. The van der Waals surface area contributed by atoms with E-state index in [1.165, 1.54) is 18.4 Å². The van der Waals surface area contributed by atoms with Gasteiger partial charge in [-0.2, -0.15) is 0 Å². The highest BCUT2D eigenvalue weighted by Crippen LogP contribution is 2.17. The van der Waals surface area contributed by atoms with E-state index in [4.69, 9.17) is 4.42 Å². The Balaban J connectivity index is 1.67. The lowest BCUT2D eigenvalue weighted by Gasteiger charge is -2.22. The molecule has 4 N–H and O–H groups in total. The maximum Gasteiger partial charge on any atom is 0.291 e. The molecule has 0 spiro atoms. The van der Waals surface area contributed by atoms with E-state index in [-0.39, 0.29) is 22.9 Å². The first-order chi connectivity index (χ1) is 15.9. The number of carbonyl (C=O) groups is 4. The summed E-state index contributed by atoms with van der Waals surface area (Å²) in [4.78, 5) is 50.1. The van der Waals surface area contributed by atoms with Gasteiger partial charge in [0.15, 0.2) is 5.76 Å². The molecule has 0 unspecified atom stereocenters. The van der Waals surface area contributed by atoms with E-state index < -0.39 is 29.7 Å². The van der Waals surface area contributed by atoms with Crippen LogP contribution in [0.4, 0.5) is 5.69 Å². The monoisotopic (exact) mass is 448 g/mol. The molecule has 1 aromatic heterocycles. The number of hydrazine groups is 1. The predicted molar refractivity (Wildman–Crippen MR) is 121 cm³/mol. The molecule has 0 saturated heterocycles. The molecule has 3 aromatic rings. The smallest absolute Gasteiger partial charge is 0.291 e. The summed E-state index contributed by atoms with van der Waals surface area (Å²) in [5, 5.41) is 5.30. The van der Waals surface area contributed by atoms with Gasteiger partial charge in [-0.25, -0.2) is 0 Å². The molecule has 9 heteroatoms. The molecule has 0 aliphatic heterocycles. The highest BCUT2D eigenvalue weighted by Gasteiger charge is 2.26. The number of hydrogen-bond donors (Lipinski definition) is 4. The summed E-state index contributed by atoms with van der Waals surface area (Å²) in [6.45, 7) is 3.52. The zero-order valence-corrected chi connectivity index (χ0v) is 18.1. The van der Waals surface area contributed by atoms with E-state index in [9.17, 15) is 19.2 Å². The predicted octanol–water partition coefficient (Wildman–Crippen LogP) is 2.75. The van der Waals surface area contributed by atoms with Gasteiger partial charge in [-0.1, -0.05) is 44.2 Å². The molecule has 0 aliphatic rings. The number of benzene rings is 2. The van der Waals surface area contributed by atoms with Crippen LogP contribution in [-0.4, -0.2) is 29.7 Å². The van der Waals surface area contributed by atoms with Gasteiger partial charge >= 0.3 is 0 Å². The zero-order chi connectivity index (χ0) is 23.8. The van der Waals surface area contributed by atoms with Crippen molar-refractivity contribution in [2.75, 3.05) is 5.32 Å². The molecule has 0 saturated carbocycles. The molecule has 0 bridgehead atoms. The van der Waals surface area contributed by atoms with E-state index in [1.807, 2.05) is 0 Å². The zero-order valence-electron chi connectivity index (χ0n) is 18.1. The summed E-state index contributed by atoms with van der Waals surface area (Å²) in [5.41, 5.74) is 5.50. The van der Waals surface area contributed by atoms with Crippen molar-refractivity contribution in [3.05, 3.63) is 89.9 Å². The molecule has 0 aliphatic carbocycles. The van der Waals surface area contributed by atoms with Gasteiger partial charge in [0.2, 0.25) is 0 Å². The third kappa shape index (κ3) is 6.07. The van der Waals surface area contributed by atoms with E-state index in [0.29, 0.717) is 5.56 Å². The van der Waals surface area contributed by atoms with Crippen molar-refractivity contribution < 1.29 is 23.6 Å². The van der Waals surface area contributed by atoms with Crippen LogP contribution >= 0.6 is 0 Å². The summed E-state index contributed by atoms with van der Waals surface area (Å²) in [6.07, 6.45) is 1.37. The molecule has 170 valence electrons. The van der Waals surface area contributed by atoms with Gasteiger partial charge in [-0.15, -0.1) is 0 Å². The van der Waals surface area contributed by atoms with Crippen molar-refractivity contribution in [1.29, 1.82) is 0 Å². The van der Waals surface area contributed by atoms with Crippen LogP contribution in [0.3, 0.4) is 0 Å². The number of hydrogen-bond acceptors (Lipinski definition) is 5. The average molecular weight is 448 g/mol. The average Bonchev–Trinajstić information content (AvgIpc) is 3.36. The molecule has 9 nitrogen and oxygen atoms in total. The lowest BCUT2D eigenvalue weighted by molar-refractivity contribution is -0.124. The Morgan fingerprint density at radius 1 is 0.758 bits per heavy atom. The second-order valence-electron chi connectivity index (χ2n) is 7.48. The van der Waals surface area contributed by atoms with Gasteiger partial charge in [0, 0.05) is 5.56 Å². The van der Waals surface area contributed by atoms with Gasteiger partial charge < -0.3 is 15.1 Å². The molecular formula is C24H24N4O5. The Labute approximate surface area is 190 Å². The fourth-order valence-electron chi connectivity index (χ4n) is 2.99. The lowest BCUT2D eigenvalue weighted by atomic mass is 10.0. The van der Waals surface area contributed by atoms with Crippen LogP contribution in [0.1, 0.15) is 45.1 Å². The van der Waals surface area contributed by atoms with Gasteiger partial charge in [-0.05, 0) is 42.3 Å². The molecule has 1 heterocycles. The standard InChI is InChI=1S/C24H24N4O5/c1-15(2)20(24(32)28-27-21(29)16-9-4-3-5-10-16)26-22(30)17-11-6-7-12-18(17)25-23(31)19-13-8-14-33-19/h3-15,20H,1-2H3,(H,25,31)(H,26,30)(H,27,29)(H,28,32)/t20-/m1/s1. The first kappa shape index (κ1) is 23.3. The van der Waals surface area contributed by atoms with Crippen molar-refractivity contribution in [2.24, 2.45) is 5.92 Å². The van der Waals surface area contributed by atoms with Gasteiger partial charge in [0.25, 0.3) is 23.6 Å². The van der Waals surface area contributed by atoms with Crippen LogP contribution < -0.4 is 21.5 Å². The van der Waals surface area contributed by atoms with Gasteiger partial charge in [0.1, 0.15) is 6.04 Å². The number of amides is 4. The Kier molecular flexibility index (Phi) is 7.59. The number of para-hydroxylation sites is 1. The van der Waals surface area contributed by atoms with Crippen molar-refractivity contribution >= 4 is 29.3 Å². The Morgan fingerprint density at radius 3 is 2.12 bits per heavy atom. The maximum atomic E-state index is 13.0. The summed E-state index contributed by atoms with van der Waals surface area (Å²) in [7, 11) is 0. The maximum absolute atomic E-state index is 13.0. The Bertz CT molecular complexity index is 1130.